The zero-order valence-corrected chi connectivity index (χ0v) is 23.2. The SMILES string of the molecule is CCOCCCN1C(=O)C(Nc2ccc(Cl)cc2)=C(C(=O)c2ccc(OC)cc2)[C@@H]1c1ccc(Cl)cc1Cl. The Bertz CT molecular complexity index is 1340. The van der Waals surface area contributed by atoms with E-state index in [1.807, 2.05) is 6.92 Å². The molecule has 1 amide bonds. The summed E-state index contributed by atoms with van der Waals surface area (Å²) in [6.07, 6.45) is 0.583. The highest BCUT2D eigenvalue weighted by Gasteiger charge is 2.44. The number of methoxy groups -OCH3 is 1. The lowest BCUT2D eigenvalue weighted by Crippen LogP contribution is -2.33. The molecule has 38 heavy (non-hydrogen) atoms. The van der Waals surface area contributed by atoms with Gasteiger partial charge in [0.2, 0.25) is 0 Å². The fraction of sp³-hybridized carbons (Fsp3) is 0.241. The van der Waals surface area contributed by atoms with Crippen LogP contribution in [-0.2, 0) is 9.53 Å². The van der Waals surface area contributed by atoms with Gasteiger partial charge in [-0.2, -0.15) is 0 Å². The molecule has 1 atom stereocenters. The second kappa shape index (κ2) is 12.7. The molecule has 1 aliphatic rings. The van der Waals surface area contributed by atoms with Gasteiger partial charge in [-0.3, -0.25) is 9.59 Å². The van der Waals surface area contributed by atoms with Crippen LogP contribution in [0.15, 0.2) is 78.0 Å². The van der Waals surface area contributed by atoms with Crippen molar-refractivity contribution < 1.29 is 19.1 Å². The number of carbonyl (C=O) groups excluding carboxylic acids is 2. The van der Waals surface area contributed by atoms with E-state index in [-0.39, 0.29) is 23.0 Å². The van der Waals surface area contributed by atoms with E-state index in [0.29, 0.717) is 63.8 Å². The summed E-state index contributed by atoms with van der Waals surface area (Å²) in [6.45, 7) is 3.32. The van der Waals surface area contributed by atoms with Gasteiger partial charge in [-0.15, -0.1) is 0 Å². The summed E-state index contributed by atoms with van der Waals surface area (Å²) in [7, 11) is 1.56. The van der Waals surface area contributed by atoms with Gasteiger partial charge < -0.3 is 19.7 Å². The first-order chi connectivity index (χ1) is 18.3. The summed E-state index contributed by atoms with van der Waals surface area (Å²) >= 11 is 18.9. The van der Waals surface area contributed by atoms with Gasteiger partial charge in [-0.25, -0.2) is 0 Å². The monoisotopic (exact) mass is 572 g/mol. The van der Waals surface area contributed by atoms with Gasteiger partial charge in [0, 0.05) is 46.1 Å². The Morgan fingerprint density at radius 1 is 0.974 bits per heavy atom. The van der Waals surface area contributed by atoms with Crippen molar-refractivity contribution in [3.8, 4) is 5.75 Å². The van der Waals surface area contributed by atoms with Crippen molar-refractivity contribution in [2.45, 2.75) is 19.4 Å². The Labute approximate surface area is 237 Å². The van der Waals surface area contributed by atoms with Crippen molar-refractivity contribution in [2.75, 3.05) is 32.2 Å². The summed E-state index contributed by atoms with van der Waals surface area (Å²) < 4.78 is 10.8. The molecular formula is C29H27Cl3N2O4. The van der Waals surface area contributed by atoms with Gasteiger partial charge in [0.25, 0.3) is 5.91 Å². The number of nitrogens with zero attached hydrogens (tertiary/aromatic N) is 1. The van der Waals surface area contributed by atoms with Gasteiger partial charge in [0.15, 0.2) is 5.78 Å². The highest BCUT2D eigenvalue weighted by Crippen LogP contribution is 2.43. The zero-order chi connectivity index (χ0) is 27.2. The molecule has 0 saturated heterocycles. The van der Waals surface area contributed by atoms with Gasteiger partial charge in [0.1, 0.15) is 11.4 Å². The molecule has 0 spiro atoms. The topological polar surface area (TPSA) is 67.9 Å². The number of benzene rings is 3. The third-order valence-corrected chi connectivity index (χ3v) is 7.00. The summed E-state index contributed by atoms with van der Waals surface area (Å²) in [6, 6.07) is 18.0. The van der Waals surface area contributed by atoms with Crippen LogP contribution in [0, 0.1) is 0 Å². The number of ether oxygens (including phenoxy) is 2. The predicted molar refractivity (Wildman–Crippen MR) is 151 cm³/mol. The van der Waals surface area contributed by atoms with Crippen LogP contribution in [0.2, 0.25) is 15.1 Å². The van der Waals surface area contributed by atoms with Crippen molar-refractivity contribution in [2.24, 2.45) is 0 Å². The van der Waals surface area contributed by atoms with Crippen LogP contribution >= 0.6 is 34.8 Å². The Kier molecular flexibility index (Phi) is 9.34. The van der Waals surface area contributed by atoms with E-state index in [0.717, 1.165) is 0 Å². The van der Waals surface area contributed by atoms with E-state index in [1.54, 1.807) is 78.7 Å². The molecule has 198 valence electrons. The molecule has 0 bridgehead atoms. The third kappa shape index (κ3) is 6.16. The Morgan fingerprint density at radius 2 is 1.66 bits per heavy atom. The second-order valence-corrected chi connectivity index (χ2v) is 9.88. The van der Waals surface area contributed by atoms with Crippen LogP contribution in [0.3, 0.4) is 0 Å². The quantitative estimate of drug-likeness (QED) is 0.194. The minimum Gasteiger partial charge on any atom is -0.497 e. The van der Waals surface area contributed by atoms with Crippen LogP contribution in [0.1, 0.15) is 35.3 Å². The molecule has 0 fully saturated rings. The van der Waals surface area contributed by atoms with E-state index in [9.17, 15) is 9.59 Å². The first-order valence-electron chi connectivity index (χ1n) is 12.1. The Balaban J connectivity index is 1.85. The smallest absolute Gasteiger partial charge is 0.271 e. The van der Waals surface area contributed by atoms with Crippen LogP contribution in [-0.4, -0.2) is 43.5 Å². The number of halogens is 3. The van der Waals surface area contributed by atoms with E-state index in [4.69, 9.17) is 44.3 Å². The molecule has 0 saturated carbocycles. The average Bonchev–Trinajstić information content (AvgIpc) is 3.18. The minimum atomic E-state index is -0.738. The van der Waals surface area contributed by atoms with Crippen LogP contribution in [0.25, 0.3) is 0 Å². The number of ketones is 1. The van der Waals surface area contributed by atoms with Crippen LogP contribution < -0.4 is 10.1 Å². The number of hydrogen-bond donors (Lipinski definition) is 1. The fourth-order valence-corrected chi connectivity index (χ4v) is 5.00. The van der Waals surface area contributed by atoms with Gasteiger partial charge in [0.05, 0.1) is 18.7 Å². The standard InChI is InChI=1S/C29H27Cl3N2O4/c1-3-38-16-4-15-34-27(23-14-9-20(31)17-24(23)32)25(28(35)18-5-12-22(37-2)13-6-18)26(29(34)36)33-21-10-7-19(30)8-11-21/h5-14,17,27,33H,3-4,15-16H2,1-2H3/t27-/m0/s1. The lowest BCUT2D eigenvalue weighted by molar-refractivity contribution is -0.127. The average molecular weight is 574 g/mol. The third-order valence-electron chi connectivity index (χ3n) is 6.19. The zero-order valence-electron chi connectivity index (χ0n) is 21.0. The van der Waals surface area contributed by atoms with Gasteiger partial charge >= 0.3 is 0 Å². The van der Waals surface area contributed by atoms with Crippen LogP contribution in [0.4, 0.5) is 5.69 Å². The van der Waals surface area contributed by atoms with Crippen molar-refractivity contribution in [3.05, 3.63) is 104 Å². The predicted octanol–water partition coefficient (Wildman–Crippen LogP) is 7.21. The maximum atomic E-state index is 14.1. The number of Topliss-reactive ketones (excluding diaryl/α,β-unsaturated/α-hetero) is 1. The molecule has 1 aliphatic heterocycles. The molecule has 1 heterocycles. The molecule has 9 heteroatoms. The highest BCUT2D eigenvalue weighted by molar-refractivity contribution is 6.35. The maximum absolute atomic E-state index is 14.1. The minimum absolute atomic E-state index is 0.181. The molecule has 3 aromatic carbocycles. The molecule has 0 aromatic heterocycles. The van der Waals surface area contributed by atoms with E-state index >= 15 is 0 Å². The summed E-state index contributed by atoms with van der Waals surface area (Å²) in [5.74, 6) is -0.00231. The maximum Gasteiger partial charge on any atom is 0.271 e. The number of hydrogen-bond acceptors (Lipinski definition) is 5. The van der Waals surface area contributed by atoms with E-state index in [1.165, 1.54) is 0 Å². The first-order valence-corrected chi connectivity index (χ1v) is 13.3. The largest absolute Gasteiger partial charge is 0.497 e. The van der Waals surface area contributed by atoms with Gasteiger partial charge in [-0.05, 0) is 79.6 Å². The van der Waals surface area contributed by atoms with E-state index < -0.39 is 6.04 Å². The molecule has 1 N–H and O–H groups in total. The molecule has 0 aliphatic carbocycles. The number of amides is 1. The van der Waals surface area contributed by atoms with Gasteiger partial charge in [-0.1, -0.05) is 40.9 Å². The second-order valence-electron chi connectivity index (χ2n) is 8.60. The summed E-state index contributed by atoms with van der Waals surface area (Å²) in [4.78, 5) is 29.7. The number of carbonyl (C=O) groups is 2. The number of nitrogens with one attached hydrogen (secondary N) is 1. The van der Waals surface area contributed by atoms with Crippen molar-refractivity contribution in [1.82, 2.24) is 4.90 Å². The summed E-state index contributed by atoms with van der Waals surface area (Å²) in [5, 5.41) is 4.56. The molecule has 6 nitrogen and oxygen atoms in total. The molecule has 0 unspecified atom stereocenters. The summed E-state index contributed by atoms with van der Waals surface area (Å²) in [5.41, 5.74) is 2.10. The Hall–Kier alpha value is -3.03. The lowest BCUT2D eigenvalue weighted by Gasteiger charge is -2.28. The molecular weight excluding hydrogens is 547 g/mol. The number of anilines is 1. The molecule has 3 aromatic rings. The molecule has 4 rings (SSSR count). The highest BCUT2D eigenvalue weighted by atomic mass is 35.5. The Morgan fingerprint density at radius 3 is 2.29 bits per heavy atom. The first kappa shape index (κ1) is 28.0. The molecule has 0 radical (unpaired) electrons. The van der Waals surface area contributed by atoms with E-state index in [2.05, 4.69) is 5.32 Å². The fourth-order valence-electron chi connectivity index (χ4n) is 4.36. The van der Waals surface area contributed by atoms with Crippen molar-refractivity contribution in [1.29, 1.82) is 0 Å². The normalized spacial score (nSPS) is 15.2. The van der Waals surface area contributed by atoms with Crippen LogP contribution in [0.5, 0.6) is 5.75 Å². The lowest BCUT2D eigenvalue weighted by atomic mass is 9.92. The van der Waals surface area contributed by atoms with Crippen molar-refractivity contribution >= 4 is 52.2 Å². The number of rotatable bonds is 11. The van der Waals surface area contributed by atoms with Crippen molar-refractivity contribution in [3.63, 3.8) is 0 Å².